The summed E-state index contributed by atoms with van der Waals surface area (Å²) in [6.45, 7) is 5.46. The van der Waals surface area contributed by atoms with E-state index in [4.69, 9.17) is 9.29 Å². The van der Waals surface area contributed by atoms with Crippen molar-refractivity contribution in [2.75, 3.05) is 5.75 Å². The largest absolute Gasteiger partial charge is 0.480 e. The van der Waals surface area contributed by atoms with Gasteiger partial charge in [-0.3, -0.25) is 9.98 Å². The Morgan fingerprint density at radius 3 is 2.79 bits per heavy atom. The zero-order valence-corrected chi connectivity index (χ0v) is 17.0. The molecule has 3 rings (SSSR count). The fourth-order valence-corrected chi connectivity index (χ4v) is 4.31. The molecule has 0 bridgehead atoms. The fraction of sp³-hybridized carbons (Fsp3) is 0.158. The van der Waals surface area contributed by atoms with E-state index in [9.17, 15) is 13.2 Å². The summed E-state index contributed by atoms with van der Waals surface area (Å²) >= 11 is 1.33. The van der Waals surface area contributed by atoms with Crippen LogP contribution in [-0.4, -0.2) is 47.0 Å². The number of carboxylic acid groups (broad SMARTS) is 1. The molecule has 29 heavy (non-hydrogen) atoms. The SMILES string of the molecule is C=Cc1cc(OS(=O)(=O)c2ccccn2)ccc1/N=C(\C)C1=N[C@@H](C(=O)O)CS1. The van der Waals surface area contributed by atoms with Crippen molar-refractivity contribution in [3.63, 3.8) is 0 Å². The highest BCUT2D eigenvalue weighted by Gasteiger charge is 2.25. The molecule has 0 spiro atoms. The molecular weight excluding hydrogens is 414 g/mol. The maximum atomic E-state index is 12.3. The van der Waals surface area contributed by atoms with E-state index >= 15 is 0 Å². The van der Waals surface area contributed by atoms with E-state index in [0.29, 0.717) is 27.8 Å². The first-order chi connectivity index (χ1) is 13.8. The predicted molar refractivity (Wildman–Crippen MR) is 113 cm³/mol. The van der Waals surface area contributed by atoms with E-state index in [-0.39, 0.29) is 10.8 Å². The van der Waals surface area contributed by atoms with Crippen LogP contribution in [0.2, 0.25) is 0 Å². The maximum Gasteiger partial charge on any atom is 0.356 e. The highest BCUT2D eigenvalue weighted by molar-refractivity contribution is 8.16. The lowest BCUT2D eigenvalue weighted by Crippen LogP contribution is -2.17. The average Bonchev–Trinajstić information content (AvgIpc) is 3.20. The number of nitrogens with zero attached hydrogens (tertiary/aromatic N) is 3. The zero-order valence-electron chi connectivity index (χ0n) is 15.3. The van der Waals surface area contributed by atoms with E-state index in [2.05, 4.69) is 21.5 Å². The smallest absolute Gasteiger partial charge is 0.356 e. The predicted octanol–water partition coefficient (Wildman–Crippen LogP) is 3.18. The van der Waals surface area contributed by atoms with Crippen molar-refractivity contribution in [3.05, 3.63) is 54.7 Å². The van der Waals surface area contributed by atoms with Crippen LogP contribution in [0.4, 0.5) is 5.69 Å². The van der Waals surface area contributed by atoms with Crippen molar-refractivity contribution in [3.8, 4) is 5.75 Å². The van der Waals surface area contributed by atoms with Gasteiger partial charge in [-0.05, 0) is 37.3 Å². The number of hydrogen-bond donors (Lipinski definition) is 1. The van der Waals surface area contributed by atoms with Crippen molar-refractivity contribution in [1.29, 1.82) is 0 Å². The number of carboxylic acids is 1. The molecule has 0 saturated carbocycles. The van der Waals surface area contributed by atoms with Gasteiger partial charge in [0.05, 0.1) is 11.4 Å². The molecule has 0 radical (unpaired) electrons. The molecule has 1 aromatic heterocycles. The first-order valence-electron chi connectivity index (χ1n) is 8.41. The van der Waals surface area contributed by atoms with Gasteiger partial charge in [-0.15, -0.1) is 11.8 Å². The monoisotopic (exact) mass is 431 g/mol. The second-order valence-corrected chi connectivity index (χ2v) is 8.43. The van der Waals surface area contributed by atoms with Crippen LogP contribution in [0.5, 0.6) is 5.75 Å². The zero-order chi connectivity index (χ0) is 21.0. The minimum absolute atomic E-state index is 0.0979. The highest BCUT2D eigenvalue weighted by Crippen LogP contribution is 2.29. The summed E-state index contributed by atoms with van der Waals surface area (Å²) in [5.74, 6) is -0.507. The maximum absolute atomic E-state index is 12.3. The van der Waals surface area contributed by atoms with Gasteiger partial charge in [0.15, 0.2) is 11.1 Å². The molecular formula is C19H17N3O5S2. The van der Waals surface area contributed by atoms with E-state index in [1.807, 2.05) is 0 Å². The van der Waals surface area contributed by atoms with E-state index in [1.165, 1.54) is 42.2 Å². The number of benzene rings is 1. The van der Waals surface area contributed by atoms with Gasteiger partial charge in [0.2, 0.25) is 0 Å². The molecule has 1 aliphatic heterocycles. The lowest BCUT2D eigenvalue weighted by molar-refractivity contribution is -0.137. The van der Waals surface area contributed by atoms with Crippen molar-refractivity contribution >= 4 is 50.4 Å². The summed E-state index contributed by atoms with van der Waals surface area (Å²) in [5.41, 5.74) is 1.65. The second kappa shape index (κ2) is 8.58. The Balaban J connectivity index is 1.85. The van der Waals surface area contributed by atoms with Gasteiger partial charge in [-0.25, -0.2) is 9.78 Å². The van der Waals surface area contributed by atoms with Crippen LogP contribution in [0, 0.1) is 0 Å². The Labute approximate surface area is 172 Å². The number of aromatic nitrogens is 1. The summed E-state index contributed by atoms with van der Waals surface area (Å²) in [7, 11) is -4.06. The Morgan fingerprint density at radius 1 is 1.38 bits per heavy atom. The lowest BCUT2D eigenvalue weighted by atomic mass is 10.1. The van der Waals surface area contributed by atoms with Crippen molar-refractivity contribution < 1.29 is 22.5 Å². The normalized spacial score (nSPS) is 16.9. The molecule has 0 fully saturated rings. The lowest BCUT2D eigenvalue weighted by Gasteiger charge is -2.09. The Kier molecular flexibility index (Phi) is 6.14. The van der Waals surface area contributed by atoms with Crippen LogP contribution in [0.1, 0.15) is 12.5 Å². The van der Waals surface area contributed by atoms with Crippen molar-refractivity contribution in [2.45, 2.75) is 18.0 Å². The van der Waals surface area contributed by atoms with Crippen LogP contribution in [0.3, 0.4) is 0 Å². The molecule has 150 valence electrons. The number of pyridine rings is 1. The third-order valence-corrected chi connectivity index (χ3v) is 6.17. The van der Waals surface area contributed by atoms with E-state index in [0.717, 1.165) is 0 Å². The quantitative estimate of drug-likeness (QED) is 0.528. The van der Waals surface area contributed by atoms with Crippen molar-refractivity contribution in [1.82, 2.24) is 4.98 Å². The topological polar surface area (TPSA) is 118 Å². The van der Waals surface area contributed by atoms with Crippen LogP contribution in [-0.2, 0) is 14.9 Å². The molecule has 1 aromatic carbocycles. The summed E-state index contributed by atoms with van der Waals surface area (Å²) in [6, 6.07) is 8.31. The number of thioether (sulfide) groups is 1. The minimum Gasteiger partial charge on any atom is -0.480 e. The van der Waals surface area contributed by atoms with Gasteiger partial charge in [0, 0.05) is 17.5 Å². The summed E-state index contributed by atoms with van der Waals surface area (Å²) in [6.07, 6.45) is 2.89. The van der Waals surface area contributed by atoms with Crippen LogP contribution >= 0.6 is 11.8 Å². The van der Waals surface area contributed by atoms with Crippen molar-refractivity contribution in [2.24, 2.45) is 9.98 Å². The molecule has 0 saturated heterocycles. The average molecular weight is 431 g/mol. The number of carbonyl (C=O) groups is 1. The number of hydrogen-bond acceptors (Lipinski definition) is 8. The van der Waals surface area contributed by atoms with Crippen LogP contribution < -0.4 is 4.18 Å². The first-order valence-corrected chi connectivity index (χ1v) is 10.8. The molecule has 0 aliphatic carbocycles. The fourth-order valence-electron chi connectivity index (χ4n) is 2.44. The molecule has 0 unspecified atom stereocenters. The van der Waals surface area contributed by atoms with E-state index < -0.39 is 22.1 Å². The molecule has 1 aliphatic rings. The molecule has 1 N–H and O–H groups in total. The molecule has 0 amide bonds. The molecule has 10 heteroatoms. The number of rotatable bonds is 7. The van der Waals surface area contributed by atoms with Gasteiger partial charge in [-0.1, -0.05) is 18.7 Å². The Bertz CT molecular complexity index is 1110. The third kappa shape index (κ3) is 4.90. The molecule has 2 aromatic rings. The molecule has 1 atom stereocenters. The Morgan fingerprint density at radius 2 is 2.17 bits per heavy atom. The molecule has 2 heterocycles. The standard InChI is InChI=1S/C19H17N3O5S2/c1-3-13-10-14(27-29(25,26)17-6-4-5-9-20-17)7-8-15(13)21-12(2)18-22-16(11-28-18)19(23)24/h3-10,16H,1,11H2,2H3,(H,23,24)/b21-12+/t16-/m1/s1. The number of aliphatic carboxylic acids is 1. The second-order valence-electron chi connectivity index (χ2n) is 5.93. The number of aliphatic imine (C=N–C) groups is 2. The third-order valence-electron chi connectivity index (χ3n) is 3.85. The molecule has 8 nitrogen and oxygen atoms in total. The summed E-state index contributed by atoms with van der Waals surface area (Å²) in [5, 5.41) is 9.42. The highest BCUT2D eigenvalue weighted by atomic mass is 32.2. The van der Waals surface area contributed by atoms with Gasteiger partial charge in [0.25, 0.3) is 0 Å². The van der Waals surface area contributed by atoms with Crippen LogP contribution in [0.15, 0.2) is 64.2 Å². The summed E-state index contributed by atoms with van der Waals surface area (Å²) < 4.78 is 29.8. The van der Waals surface area contributed by atoms with Gasteiger partial charge >= 0.3 is 16.1 Å². The minimum atomic E-state index is -4.06. The first kappa shape index (κ1) is 20.7. The van der Waals surface area contributed by atoms with Gasteiger partial charge in [0.1, 0.15) is 10.8 Å². The van der Waals surface area contributed by atoms with Gasteiger partial charge < -0.3 is 9.29 Å². The Hall–Kier alpha value is -2.98. The van der Waals surface area contributed by atoms with Crippen LogP contribution in [0.25, 0.3) is 6.08 Å². The summed E-state index contributed by atoms with van der Waals surface area (Å²) in [4.78, 5) is 23.5. The van der Waals surface area contributed by atoms with E-state index in [1.54, 1.807) is 25.1 Å². The van der Waals surface area contributed by atoms with Gasteiger partial charge in [-0.2, -0.15) is 8.42 Å².